The number of hydrogen-bond acceptors (Lipinski definition) is 4. The van der Waals surface area contributed by atoms with Crippen LogP contribution in [0.3, 0.4) is 0 Å². The molecule has 0 radical (unpaired) electrons. The number of hydrogen-bond donors (Lipinski definition) is 0. The number of carbonyl (C=O) groups is 1. The van der Waals surface area contributed by atoms with Crippen LogP contribution < -0.4 is 0 Å². The van der Waals surface area contributed by atoms with E-state index in [2.05, 4.69) is 0 Å². The second-order valence-corrected chi connectivity index (χ2v) is 2.70. The smallest absolute Gasteiger partial charge is 0.302 e. The molecule has 0 aliphatic heterocycles. The maximum Gasteiger partial charge on any atom is 0.302 e. The van der Waals surface area contributed by atoms with Gasteiger partial charge in [-0.25, -0.2) is 0 Å². The quantitative estimate of drug-likeness (QED) is 0.454. The van der Waals surface area contributed by atoms with Gasteiger partial charge in [0.25, 0.3) is 5.69 Å². The Hall–Kier alpha value is -1.62. The predicted molar refractivity (Wildman–Crippen MR) is 55.8 cm³/mol. The first-order chi connectivity index (χ1) is 6.59. The van der Waals surface area contributed by atoms with E-state index in [4.69, 9.17) is 4.74 Å². The summed E-state index contributed by atoms with van der Waals surface area (Å²) < 4.78 is 4.72. The molecule has 0 unspecified atom stereocenters. The number of halogens is 1. The van der Waals surface area contributed by atoms with E-state index in [1.165, 1.54) is 19.1 Å². The minimum absolute atomic E-state index is 0. The van der Waals surface area contributed by atoms with E-state index in [0.717, 1.165) is 5.56 Å². The Labute approximate surface area is 92.6 Å². The van der Waals surface area contributed by atoms with Gasteiger partial charge in [0.1, 0.15) is 6.61 Å². The van der Waals surface area contributed by atoms with Gasteiger partial charge in [0.15, 0.2) is 0 Å². The maximum atomic E-state index is 10.5. The summed E-state index contributed by atoms with van der Waals surface area (Å²) in [4.78, 5) is 20.3. The molecular weight excluding hydrogens is 222 g/mol. The molecule has 6 heteroatoms. The summed E-state index contributed by atoms with van der Waals surface area (Å²) in [6.07, 6.45) is 0. The zero-order valence-corrected chi connectivity index (χ0v) is 8.82. The largest absolute Gasteiger partial charge is 0.461 e. The Bertz CT molecular complexity index is 350. The van der Waals surface area contributed by atoms with Crippen LogP contribution in [0.15, 0.2) is 24.3 Å². The standard InChI is InChI=1S/C9H9NO4.ClH/c1-7(11)14-6-8-2-4-9(5-3-8)10(12)13;/h2-5H,6H2,1H3;1H. The van der Waals surface area contributed by atoms with E-state index in [9.17, 15) is 14.9 Å². The van der Waals surface area contributed by atoms with Crippen LogP contribution in [0.4, 0.5) is 5.69 Å². The Kier molecular flexibility index (Phi) is 5.33. The summed E-state index contributed by atoms with van der Waals surface area (Å²) >= 11 is 0. The van der Waals surface area contributed by atoms with E-state index in [-0.39, 0.29) is 30.7 Å². The summed E-state index contributed by atoms with van der Waals surface area (Å²) in [7, 11) is 0. The number of nitrogens with zero attached hydrogens (tertiary/aromatic N) is 1. The minimum Gasteiger partial charge on any atom is -0.461 e. The fourth-order valence-corrected chi connectivity index (χ4v) is 0.899. The van der Waals surface area contributed by atoms with Gasteiger partial charge in [0.05, 0.1) is 4.92 Å². The van der Waals surface area contributed by atoms with E-state index < -0.39 is 4.92 Å². The molecule has 0 spiro atoms. The molecule has 0 N–H and O–H groups in total. The third kappa shape index (κ3) is 4.42. The van der Waals surface area contributed by atoms with Gasteiger partial charge in [0, 0.05) is 19.1 Å². The van der Waals surface area contributed by atoms with Crippen LogP contribution in [0.1, 0.15) is 12.5 Å². The van der Waals surface area contributed by atoms with Crippen LogP contribution in [0, 0.1) is 10.1 Å². The Morgan fingerprint density at radius 2 is 1.93 bits per heavy atom. The van der Waals surface area contributed by atoms with E-state index in [1.54, 1.807) is 12.1 Å². The summed E-state index contributed by atoms with van der Waals surface area (Å²) in [5.41, 5.74) is 0.752. The van der Waals surface area contributed by atoms with Crippen molar-refractivity contribution in [2.24, 2.45) is 0 Å². The predicted octanol–water partition coefficient (Wildman–Crippen LogP) is 2.08. The molecule has 1 rings (SSSR count). The van der Waals surface area contributed by atoms with Gasteiger partial charge in [-0.3, -0.25) is 14.9 Å². The topological polar surface area (TPSA) is 69.4 Å². The number of nitro benzene ring substituents is 1. The molecule has 0 atom stereocenters. The van der Waals surface area contributed by atoms with Crippen molar-refractivity contribution in [1.82, 2.24) is 0 Å². The Morgan fingerprint density at radius 3 is 2.33 bits per heavy atom. The average molecular weight is 232 g/mol. The lowest BCUT2D eigenvalue weighted by molar-refractivity contribution is -0.384. The van der Waals surface area contributed by atoms with Crippen LogP contribution >= 0.6 is 12.4 Å². The van der Waals surface area contributed by atoms with Gasteiger partial charge in [0.2, 0.25) is 0 Å². The summed E-state index contributed by atoms with van der Waals surface area (Å²) in [6.45, 7) is 1.46. The first-order valence-electron chi connectivity index (χ1n) is 3.96. The molecule has 5 nitrogen and oxygen atoms in total. The van der Waals surface area contributed by atoms with Crippen molar-refractivity contribution in [3.63, 3.8) is 0 Å². The maximum absolute atomic E-state index is 10.5. The SMILES string of the molecule is CC(=O)OCc1ccc([N+](=O)[O-])cc1.Cl. The minimum atomic E-state index is -0.477. The van der Waals surface area contributed by atoms with Crippen molar-refractivity contribution >= 4 is 24.1 Å². The fraction of sp³-hybridized carbons (Fsp3) is 0.222. The molecule has 0 amide bonds. The number of benzene rings is 1. The van der Waals surface area contributed by atoms with E-state index >= 15 is 0 Å². The lowest BCUT2D eigenvalue weighted by atomic mass is 10.2. The van der Waals surface area contributed by atoms with Crippen molar-refractivity contribution < 1.29 is 14.5 Å². The number of nitro groups is 1. The molecule has 0 fully saturated rings. The number of ether oxygens (including phenoxy) is 1. The number of carbonyl (C=O) groups excluding carboxylic acids is 1. The summed E-state index contributed by atoms with van der Waals surface area (Å²) in [5, 5.41) is 10.3. The molecule has 1 aromatic rings. The highest BCUT2D eigenvalue weighted by Gasteiger charge is 2.04. The Morgan fingerprint density at radius 1 is 1.40 bits per heavy atom. The first-order valence-corrected chi connectivity index (χ1v) is 3.96. The van der Waals surface area contributed by atoms with Gasteiger partial charge < -0.3 is 4.74 Å². The average Bonchev–Trinajstić information content (AvgIpc) is 2.15. The zero-order chi connectivity index (χ0) is 10.6. The molecule has 0 heterocycles. The molecule has 0 aliphatic rings. The van der Waals surface area contributed by atoms with Crippen LogP contribution in [0.5, 0.6) is 0 Å². The van der Waals surface area contributed by atoms with Crippen molar-refractivity contribution in [2.75, 3.05) is 0 Å². The van der Waals surface area contributed by atoms with Gasteiger partial charge in [-0.15, -0.1) is 12.4 Å². The van der Waals surface area contributed by atoms with Gasteiger partial charge in [-0.1, -0.05) is 0 Å². The molecule has 0 saturated carbocycles. The lowest BCUT2D eigenvalue weighted by Crippen LogP contribution is -1.98. The highest BCUT2D eigenvalue weighted by molar-refractivity contribution is 5.85. The molecule has 15 heavy (non-hydrogen) atoms. The monoisotopic (exact) mass is 231 g/mol. The van der Waals surface area contributed by atoms with Gasteiger partial charge in [-0.2, -0.15) is 0 Å². The third-order valence-electron chi connectivity index (χ3n) is 1.59. The van der Waals surface area contributed by atoms with E-state index in [0.29, 0.717) is 0 Å². The second kappa shape index (κ2) is 5.98. The molecule has 0 aromatic heterocycles. The van der Waals surface area contributed by atoms with Crippen molar-refractivity contribution in [1.29, 1.82) is 0 Å². The number of rotatable bonds is 3. The van der Waals surface area contributed by atoms with Crippen LogP contribution in [0.25, 0.3) is 0 Å². The molecule has 1 aromatic carbocycles. The van der Waals surface area contributed by atoms with E-state index in [1.807, 2.05) is 0 Å². The van der Waals surface area contributed by atoms with Crippen molar-refractivity contribution in [3.8, 4) is 0 Å². The van der Waals surface area contributed by atoms with Gasteiger partial charge in [-0.05, 0) is 17.7 Å². The fourth-order valence-electron chi connectivity index (χ4n) is 0.899. The van der Waals surface area contributed by atoms with Crippen LogP contribution in [-0.4, -0.2) is 10.9 Å². The summed E-state index contributed by atoms with van der Waals surface area (Å²) in [6, 6.07) is 5.86. The first kappa shape index (κ1) is 13.4. The van der Waals surface area contributed by atoms with Crippen molar-refractivity contribution in [3.05, 3.63) is 39.9 Å². The molecule has 0 bridgehead atoms. The second-order valence-electron chi connectivity index (χ2n) is 2.70. The highest BCUT2D eigenvalue weighted by Crippen LogP contribution is 2.12. The molecule has 82 valence electrons. The number of non-ortho nitro benzene ring substituents is 1. The third-order valence-corrected chi connectivity index (χ3v) is 1.59. The molecule has 0 aliphatic carbocycles. The Balaban J connectivity index is 0.00000196. The van der Waals surface area contributed by atoms with Crippen molar-refractivity contribution in [2.45, 2.75) is 13.5 Å². The number of esters is 1. The molecular formula is C9H10ClNO4. The highest BCUT2D eigenvalue weighted by atomic mass is 35.5. The van der Waals surface area contributed by atoms with Crippen LogP contribution in [0.2, 0.25) is 0 Å². The zero-order valence-electron chi connectivity index (χ0n) is 8.00. The van der Waals surface area contributed by atoms with Crippen LogP contribution in [-0.2, 0) is 16.1 Å². The normalized spacial score (nSPS) is 8.87. The summed E-state index contributed by atoms with van der Waals surface area (Å²) in [5.74, 6) is -0.372. The van der Waals surface area contributed by atoms with Gasteiger partial charge >= 0.3 is 5.97 Å². The lowest BCUT2D eigenvalue weighted by Gasteiger charge is -2.00. The molecule has 0 saturated heterocycles.